The van der Waals surface area contributed by atoms with Crippen molar-refractivity contribution < 1.29 is 19.1 Å². The number of aryl methyl sites for hydroxylation is 1. The summed E-state index contributed by atoms with van der Waals surface area (Å²) in [4.78, 5) is 42.4. The summed E-state index contributed by atoms with van der Waals surface area (Å²) < 4.78 is 5.48. The maximum absolute atomic E-state index is 14.2. The van der Waals surface area contributed by atoms with Crippen LogP contribution in [0.25, 0.3) is 0 Å². The van der Waals surface area contributed by atoms with Gasteiger partial charge in [0.25, 0.3) is 0 Å². The number of carbonyl (C=O) groups excluding carboxylic acids is 3. The summed E-state index contributed by atoms with van der Waals surface area (Å²) in [7, 11) is 0. The van der Waals surface area contributed by atoms with Crippen LogP contribution in [0.5, 0.6) is 0 Å². The van der Waals surface area contributed by atoms with E-state index in [9.17, 15) is 14.4 Å². The molecule has 2 atom stereocenters. The zero-order chi connectivity index (χ0) is 28.4. The van der Waals surface area contributed by atoms with Crippen LogP contribution < -0.4 is 10.6 Å². The molecule has 2 unspecified atom stereocenters. The molecule has 1 fully saturated rings. The highest BCUT2D eigenvalue weighted by molar-refractivity contribution is 5.92. The Balaban J connectivity index is 1.97. The Labute approximate surface area is 233 Å². The maximum atomic E-state index is 14.2. The molecule has 0 spiro atoms. The molecule has 0 heterocycles. The van der Waals surface area contributed by atoms with Crippen molar-refractivity contribution in [3.63, 3.8) is 0 Å². The minimum absolute atomic E-state index is 0.0832. The first kappa shape index (κ1) is 29.9. The van der Waals surface area contributed by atoms with Crippen LogP contribution in [0.2, 0.25) is 0 Å². The highest BCUT2D eigenvalue weighted by atomic mass is 16.6. The quantitative estimate of drug-likeness (QED) is 0.387. The van der Waals surface area contributed by atoms with Crippen molar-refractivity contribution in [2.75, 3.05) is 6.54 Å². The monoisotopic (exact) mass is 533 g/mol. The zero-order valence-corrected chi connectivity index (χ0v) is 23.7. The van der Waals surface area contributed by atoms with Crippen LogP contribution in [-0.4, -0.2) is 47.0 Å². The topological polar surface area (TPSA) is 87.7 Å². The Morgan fingerprint density at radius 3 is 2.26 bits per heavy atom. The Bertz CT molecular complexity index is 1100. The highest BCUT2D eigenvalue weighted by Gasteiger charge is 2.36. The molecule has 1 aliphatic rings. The standard InChI is InChI=1S/C32H43N3O4/c1-6-21-35(28(25-19-17-23(2)18-20-25)29(36)33-26-15-11-8-12-16-26)30(37)27(22-24-13-9-7-10-14-24)34-31(38)39-32(3,4)5/h6-7,9-10,13-14,17-20,26-28H,1,8,11-12,15-16,21-22H2,2-5H3,(H,33,36)(H,34,38). The van der Waals surface area contributed by atoms with E-state index in [4.69, 9.17) is 4.74 Å². The zero-order valence-electron chi connectivity index (χ0n) is 23.7. The van der Waals surface area contributed by atoms with Gasteiger partial charge in [0.05, 0.1) is 0 Å². The fraction of sp³-hybridized carbons (Fsp3) is 0.469. The fourth-order valence-electron chi connectivity index (χ4n) is 4.91. The number of carbonyl (C=O) groups is 3. The van der Waals surface area contributed by atoms with Gasteiger partial charge in [0.1, 0.15) is 17.7 Å². The van der Waals surface area contributed by atoms with Crippen molar-refractivity contribution in [3.05, 3.63) is 83.9 Å². The smallest absolute Gasteiger partial charge is 0.408 e. The minimum Gasteiger partial charge on any atom is -0.444 e. The van der Waals surface area contributed by atoms with E-state index in [0.717, 1.165) is 36.8 Å². The molecule has 0 aromatic heterocycles. The Morgan fingerprint density at radius 1 is 1.03 bits per heavy atom. The molecule has 210 valence electrons. The van der Waals surface area contributed by atoms with Crippen molar-refractivity contribution in [1.82, 2.24) is 15.5 Å². The molecule has 0 bridgehead atoms. The van der Waals surface area contributed by atoms with Gasteiger partial charge in [-0.1, -0.05) is 85.5 Å². The molecule has 7 heteroatoms. The molecule has 2 N–H and O–H groups in total. The summed E-state index contributed by atoms with van der Waals surface area (Å²) in [6, 6.07) is 15.4. The van der Waals surface area contributed by atoms with Gasteiger partial charge in [0, 0.05) is 19.0 Å². The van der Waals surface area contributed by atoms with E-state index in [1.807, 2.05) is 61.5 Å². The van der Waals surface area contributed by atoms with E-state index in [1.54, 1.807) is 26.8 Å². The molecule has 39 heavy (non-hydrogen) atoms. The van der Waals surface area contributed by atoms with Crippen LogP contribution in [0.3, 0.4) is 0 Å². The first-order chi connectivity index (χ1) is 18.6. The molecule has 2 aromatic rings. The lowest BCUT2D eigenvalue weighted by atomic mass is 9.94. The third-order valence-electron chi connectivity index (χ3n) is 6.79. The molecular weight excluding hydrogens is 490 g/mol. The van der Waals surface area contributed by atoms with Gasteiger partial charge in [-0.3, -0.25) is 9.59 Å². The first-order valence-corrected chi connectivity index (χ1v) is 13.9. The van der Waals surface area contributed by atoms with Crippen LogP contribution in [-0.2, 0) is 20.7 Å². The van der Waals surface area contributed by atoms with Crippen LogP contribution in [0.15, 0.2) is 67.3 Å². The third kappa shape index (κ3) is 9.27. The molecule has 1 saturated carbocycles. The average molecular weight is 534 g/mol. The number of benzene rings is 2. The largest absolute Gasteiger partial charge is 0.444 e. The third-order valence-corrected chi connectivity index (χ3v) is 6.79. The van der Waals surface area contributed by atoms with E-state index in [1.165, 1.54) is 11.3 Å². The molecule has 0 radical (unpaired) electrons. The van der Waals surface area contributed by atoms with Crippen molar-refractivity contribution in [3.8, 4) is 0 Å². The van der Waals surface area contributed by atoms with E-state index >= 15 is 0 Å². The van der Waals surface area contributed by atoms with Gasteiger partial charge in [-0.2, -0.15) is 0 Å². The number of nitrogens with one attached hydrogen (secondary N) is 2. The summed E-state index contributed by atoms with van der Waals surface area (Å²) in [5.74, 6) is -0.606. The average Bonchev–Trinajstić information content (AvgIpc) is 2.89. The molecule has 2 aromatic carbocycles. The fourth-order valence-corrected chi connectivity index (χ4v) is 4.91. The number of rotatable bonds is 10. The van der Waals surface area contributed by atoms with Crippen LogP contribution in [0, 0.1) is 6.92 Å². The lowest BCUT2D eigenvalue weighted by Crippen LogP contribution is -2.54. The summed E-state index contributed by atoms with van der Waals surface area (Å²) in [5, 5.41) is 5.99. The minimum atomic E-state index is -0.947. The van der Waals surface area contributed by atoms with Crippen molar-refractivity contribution in [1.29, 1.82) is 0 Å². The lowest BCUT2D eigenvalue weighted by Gasteiger charge is -2.35. The Kier molecular flexibility index (Phi) is 10.7. The molecule has 7 nitrogen and oxygen atoms in total. The van der Waals surface area contributed by atoms with Crippen molar-refractivity contribution in [2.24, 2.45) is 0 Å². The Morgan fingerprint density at radius 2 is 1.67 bits per heavy atom. The lowest BCUT2D eigenvalue weighted by molar-refractivity contribution is -0.142. The molecule has 1 aliphatic carbocycles. The highest BCUT2D eigenvalue weighted by Crippen LogP contribution is 2.26. The maximum Gasteiger partial charge on any atom is 0.408 e. The van der Waals surface area contributed by atoms with Crippen molar-refractivity contribution in [2.45, 2.75) is 89.9 Å². The SMILES string of the molecule is C=CCN(C(=O)C(Cc1ccccc1)NC(=O)OC(C)(C)C)C(C(=O)NC1CCCCC1)c1ccc(C)cc1. The number of hydrogen-bond acceptors (Lipinski definition) is 4. The number of alkyl carbamates (subject to hydrolysis) is 1. The van der Waals surface area contributed by atoms with Crippen molar-refractivity contribution >= 4 is 17.9 Å². The number of ether oxygens (including phenoxy) is 1. The van der Waals surface area contributed by atoms with Gasteiger partial charge in [0.2, 0.25) is 11.8 Å². The molecular formula is C32H43N3O4. The number of nitrogens with zero attached hydrogens (tertiary/aromatic N) is 1. The normalized spacial score (nSPS) is 15.5. The van der Waals surface area contributed by atoms with E-state index in [0.29, 0.717) is 5.56 Å². The van der Waals surface area contributed by atoms with Gasteiger partial charge in [-0.25, -0.2) is 4.79 Å². The van der Waals surface area contributed by atoms with Gasteiger partial charge >= 0.3 is 6.09 Å². The van der Waals surface area contributed by atoms with E-state index in [2.05, 4.69) is 17.2 Å². The van der Waals surface area contributed by atoms with E-state index in [-0.39, 0.29) is 30.8 Å². The van der Waals surface area contributed by atoms with Crippen LogP contribution >= 0.6 is 0 Å². The van der Waals surface area contributed by atoms with Gasteiger partial charge in [-0.15, -0.1) is 6.58 Å². The van der Waals surface area contributed by atoms with E-state index < -0.39 is 23.8 Å². The molecule has 0 aliphatic heterocycles. The second-order valence-corrected chi connectivity index (χ2v) is 11.3. The number of amides is 3. The molecule has 3 amide bonds. The summed E-state index contributed by atoms with van der Waals surface area (Å²) in [6.07, 6.45) is 6.36. The van der Waals surface area contributed by atoms with Crippen LogP contribution in [0.4, 0.5) is 4.79 Å². The van der Waals surface area contributed by atoms with Gasteiger partial charge in [-0.05, 0) is 51.7 Å². The van der Waals surface area contributed by atoms with Crippen LogP contribution in [0.1, 0.15) is 75.6 Å². The molecule has 3 rings (SSSR count). The summed E-state index contributed by atoms with van der Waals surface area (Å²) >= 11 is 0. The predicted molar refractivity (Wildman–Crippen MR) is 154 cm³/mol. The summed E-state index contributed by atoms with van der Waals surface area (Å²) in [5.41, 5.74) is 1.92. The van der Waals surface area contributed by atoms with Gasteiger partial charge < -0.3 is 20.3 Å². The first-order valence-electron chi connectivity index (χ1n) is 13.9. The van der Waals surface area contributed by atoms with Gasteiger partial charge in [0.15, 0.2) is 0 Å². The molecule has 0 saturated heterocycles. The Hall–Kier alpha value is -3.61. The second-order valence-electron chi connectivity index (χ2n) is 11.3. The number of hydrogen-bond donors (Lipinski definition) is 2. The second kappa shape index (κ2) is 14.0. The predicted octanol–water partition coefficient (Wildman–Crippen LogP) is 5.64. The summed E-state index contributed by atoms with van der Waals surface area (Å²) in [6.45, 7) is 11.3.